The average Bonchev–Trinajstić information content (AvgIpc) is 2.86. The van der Waals surface area contributed by atoms with Crippen molar-refractivity contribution in [2.24, 2.45) is 0 Å². The number of nitriles is 1. The van der Waals surface area contributed by atoms with Gasteiger partial charge in [-0.15, -0.1) is 0 Å². The number of para-hydroxylation sites is 2. The van der Waals surface area contributed by atoms with Crippen LogP contribution in [0.5, 0.6) is 0 Å². The topological polar surface area (TPSA) is 40.6 Å². The zero-order valence-corrected chi connectivity index (χ0v) is 18.3. The second kappa shape index (κ2) is 10.2. The molecule has 1 heterocycles. The van der Waals surface area contributed by atoms with Crippen LogP contribution in [-0.4, -0.2) is 6.10 Å². The lowest BCUT2D eigenvalue weighted by atomic mass is 10.0. The lowest BCUT2D eigenvalue weighted by Gasteiger charge is -2.25. The zero-order chi connectivity index (χ0) is 23.0. The van der Waals surface area contributed by atoms with Crippen LogP contribution in [0.2, 0.25) is 0 Å². The lowest BCUT2D eigenvalue weighted by Crippen LogP contribution is -2.13. The van der Waals surface area contributed by atoms with E-state index in [2.05, 4.69) is 58.3 Å². The number of nitrogens with zero attached hydrogens (tertiary/aromatic N) is 3. The molecule has 3 aromatic carbocycles. The van der Waals surface area contributed by atoms with Crippen molar-refractivity contribution in [2.75, 3.05) is 4.90 Å². The molecule has 0 fully saturated rings. The van der Waals surface area contributed by atoms with Crippen LogP contribution in [0.25, 0.3) is 10.9 Å². The van der Waals surface area contributed by atoms with E-state index in [1.807, 2.05) is 61.5 Å². The Kier molecular flexibility index (Phi) is 6.69. The molecule has 0 N–H and O–H groups in total. The molecule has 0 amide bonds. The summed E-state index contributed by atoms with van der Waals surface area (Å²) in [7, 11) is 0. The second-order valence-electron chi connectivity index (χ2n) is 7.71. The Bertz CT molecular complexity index is 1220. The van der Waals surface area contributed by atoms with Crippen molar-refractivity contribution < 1.29 is 4.74 Å². The third-order valence-corrected chi connectivity index (χ3v) is 5.30. The Hall–Kier alpha value is -4.54. The number of ether oxygens (including phenoxy) is 1. The molecular weight excluding hydrogens is 406 g/mol. The van der Waals surface area contributed by atoms with Gasteiger partial charge in [0.1, 0.15) is 5.76 Å². The van der Waals surface area contributed by atoms with Crippen LogP contribution in [-0.2, 0) is 4.74 Å². The highest BCUT2D eigenvalue weighted by molar-refractivity contribution is 5.77. The molecule has 0 spiro atoms. The Labute approximate surface area is 194 Å². The van der Waals surface area contributed by atoms with Crippen molar-refractivity contribution >= 4 is 23.1 Å². The summed E-state index contributed by atoms with van der Waals surface area (Å²) >= 11 is 0. The third kappa shape index (κ3) is 5.21. The molecule has 4 heteroatoms. The molecule has 4 rings (SSSR count). The number of hydrogen-bond donors (Lipinski definition) is 0. The van der Waals surface area contributed by atoms with E-state index < -0.39 is 0 Å². The highest BCUT2D eigenvalue weighted by Gasteiger charge is 2.17. The molecule has 33 heavy (non-hydrogen) atoms. The van der Waals surface area contributed by atoms with Gasteiger partial charge in [-0.25, -0.2) is 10.1 Å². The first kappa shape index (κ1) is 21.7. The Balaban J connectivity index is 1.60. The van der Waals surface area contributed by atoms with Crippen LogP contribution in [0.15, 0.2) is 114 Å². The van der Waals surface area contributed by atoms with Crippen LogP contribution in [0.1, 0.15) is 18.9 Å². The van der Waals surface area contributed by atoms with Crippen LogP contribution in [0.4, 0.5) is 17.1 Å². The van der Waals surface area contributed by atoms with Gasteiger partial charge in [0, 0.05) is 23.5 Å². The van der Waals surface area contributed by atoms with Gasteiger partial charge in [-0.3, -0.25) is 0 Å². The van der Waals surface area contributed by atoms with E-state index in [1.54, 1.807) is 6.08 Å². The third-order valence-electron chi connectivity index (χ3n) is 5.30. The minimum Gasteiger partial charge on any atom is -0.490 e. The fourth-order valence-corrected chi connectivity index (χ4v) is 3.78. The molecular formula is C29H23N3O. The quantitative estimate of drug-likeness (QED) is 0.310. The predicted molar refractivity (Wildman–Crippen MR) is 133 cm³/mol. The van der Waals surface area contributed by atoms with Crippen LogP contribution < -0.4 is 4.90 Å². The van der Waals surface area contributed by atoms with E-state index in [-0.39, 0.29) is 11.8 Å². The molecule has 3 aromatic rings. The molecule has 0 radical (unpaired) electrons. The first-order chi connectivity index (χ1) is 16.2. The minimum atomic E-state index is -0.0811. The Morgan fingerprint density at radius 2 is 1.52 bits per heavy atom. The van der Waals surface area contributed by atoms with Crippen molar-refractivity contribution in [1.82, 2.24) is 0 Å². The summed E-state index contributed by atoms with van der Waals surface area (Å²) in [5.74, 6) is 0.652. The van der Waals surface area contributed by atoms with Crippen molar-refractivity contribution in [2.45, 2.75) is 19.4 Å². The van der Waals surface area contributed by atoms with Gasteiger partial charge in [0.05, 0.1) is 18.7 Å². The fraction of sp³-hybridized carbons (Fsp3) is 0.103. The maximum atomic E-state index is 9.18. The zero-order valence-electron chi connectivity index (χ0n) is 18.3. The van der Waals surface area contributed by atoms with Gasteiger partial charge in [-0.05, 0) is 66.6 Å². The molecule has 4 nitrogen and oxygen atoms in total. The fourth-order valence-electron chi connectivity index (χ4n) is 3.78. The molecule has 160 valence electrons. The van der Waals surface area contributed by atoms with Crippen molar-refractivity contribution in [3.05, 3.63) is 131 Å². The number of allylic oxidation sites excluding steroid dienone is 3. The van der Waals surface area contributed by atoms with Crippen LogP contribution in [0.3, 0.4) is 0 Å². The summed E-state index contributed by atoms with van der Waals surface area (Å²) < 4.78 is 5.87. The number of rotatable bonds is 5. The molecule has 0 aliphatic carbocycles. The van der Waals surface area contributed by atoms with Gasteiger partial charge < -0.3 is 9.64 Å². The molecule has 0 bridgehead atoms. The summed E-state index contributed by atoms with van der Waals surface area (Å²) in [6.07, 6.45) is 6.13. The smallest absolute Gasteiger partial charge is 0.265 e. The van der Waals surface area contributed by atoms with Gasteiger partial charge in [0.15, 0.2) is 0 Å². The lowest BCUT2D eigenvalue weighted by molar-refractivity contribution is 0.133. The minimum absolute atomic E-state index is 0.0811. The number of anilines is 3. The summed E-state index contributed by atoms with van der Waals surface area (Å²) in [6.45, 7) is 9.14. The van der Waals surface area contributed by atoms with E-state index in [0.717, 1.165) is 28.2 Å². The van der Waals surface area contributed by atoms with Crippen molar-refractivity contribution in [1.29, 1.82) is 5.26 Å². The van der Waals surface area contributed by atoms with Gasteiger partial charge in [0.25, 0.3) is 5.70 Å². The van der Waals surface area contributed by atoms with E-state index in [1.165, 1.54) is 0 Å². The molecule has 1 unspecified atom stereocenters. The molecule has 0 saturated carbocycles. The highest BCUT2D eigenvalue weighted by atomic mass is 16.5. The first-order valence-corrected chi connectivity index (χ1v) is 10.8. The predicted octanol–water partition coefficient (Wildman–Crippen LogP) is 7.56. The largest absolute Gasteiger partial charge is 0.490 e. The number of hydrogen-bond acceptors (Lipinski definition) is 3. The van der Waals surface area contributed by atoms with E-state index in [0.29, 0.717) is 12.2 Å². The van der Waals surface area contributed by atoms with Gasteiger partial charge >= 0.3 is 0 Å². The van der Waals surface area contributed by atoms with Crippen LogP contribution >= 0.6 is 0 Å². The maximum Gasteiger partial charge on any atom is 0.265 e. The average molecular weight is 430 g/mol. The highest BCUT2D eigenvalue weighted by Crippen LogP contribution is 2.34. The summed E-state index contributed by atoms with van der Waals surface area (Å²) in [5, 5.41) is 9.18. The Morgan fingerprint density at radius 1 is 0.939 bits per heavy atom. The Morgan fingerprint density at radius 3 is 2.06 bits per heavy atom. The van der Waals surface area contributed by atoms with Crippen LogP contribution in [0, 0.1) is 17.9 Å². The van der Waals surface area contributed by atoms with Gasteiger partial charge in [0.2, 0.25) is 0 Å². The first-order valence-electron chi connectivity index (χ1n) is 10.8. The standard InChI is InChI=1S/C29H23N3O/c1-22-19-24(29(21-30)31-2)20-28(33-22)18-15-23-13-16-27(17-14-23)32(25-9-5-3-6-10-25)26-11-7-4-8-12-26/h3-18,20,22H,19H2,1H3/b18-15+,29-24?. The molecule has 0 saturated heterocycles. The van der Waals surface area contributed by atoms with Crippen molar-refractivity contribution in [3.63, 3.8) is 0 Å². The van der Waals surface area contributed by atoms with Crippen molar-refractivity contribution in [3.8, 4) is 6.07 Å². The SMILES string of the molecule is [C-]#[N+]C(C#N)=C1C=C(/C=C/c2ccc(N(c3ccccc3)c3ccccc3)cc2)OC(C)C1. The second-order valence-corrected chi connectivity index (χ2v) is 7.71. The van der Waals surface area contributed by atoms with E-state index in [9.17, 15) is 5.26 Å². The molecule has 1 aliphatic heterocycles. The monoisotopic (exact) mass is 429 g/mol. The maximum absolute atomic E-state index is 9.18. The van der Waals surface area contributed by atoms with Gasteiger partial charge in [-0.1, -0.05) is 54.6 Å². The summed E-state index contributed by atoms with van der Waals surface area (Å²) in [6, 6.07) is 30.9. The van der Waals surface area contributed by atoms with E-state index in [4.69, 9.17) is 11.3 Å². The van der Waals surface area contributed by atoms with E-state index >= 15 is 0 Å². The summed E-state index contributed by atoms with van der Waals surface area (Å²) in [5.41, 5.74) is 5.12. The van der Waals surface area contributed by atoms with Gasteiger partial charge in [-0.2, -0.15) is 0 Å². The normalized spacial score (nSPS) is 16.8. The molecule has 1 atom stereocenters. The molecule has 1 aliphatic rings. The molecule has 0 aromatic heterocycles. The summed E-state index contributed by atoms with van der Waals surface area (Å²) in [4.78, 5) is 5.55. The number of benzene rings is 3.